The molecule has 1 saturated heterocycles. The third kappa shape index (κ3) is 4.94. The highest BCUT2D eigenvalue weighted by Crippen LogP contribution is 2.31. The number of H-pyrrole nitrogens is 1. The summed E-state index contributed by atoms with van der Waals surface area (Å²) in [4.78, 5) is 21.2. The Balaban J connectivity index is 1.53. The second-order valence-corrected chi connectivity index (χ2v) is 9.40. The first-order valence-electron chi connectivity index (χ1n) is 12.5. The lowest BCUT2D eigenvalue weighted by Gasteiger charge is -2.40. The number of aromatic amines is 1. The number of benzene rings is 2. The summed E-state index contributed by atoms with van der Waals surface area (Å²) in [6, 6.07) is 13.6. The summed E-state index contributed by atoms with van der Waals surface area (Å²) < 4.78 is 12.4. The van der Waals surface area contributed by atoms with Gasteiger partial charge in [0, 0.05) is 55.4 Å². The zero-order valence-electron chi connectivity index (χ0n) is 21.8. The Kier molecular flexibility index (Phi) is 7.20. The van der Waals surface area contributed by atoms with Gasteiger partial charge in [0.05, 0.1) is 20.3 Å². The van der Waals surface area contributed by atoms with Gasteiger partial charge in [-0.1, -0.05) is 12.1 Å². The highest BCUT2D eigenvalue weighted by molar-refractivity contribution is 5.80. The molecule has 1 aliphatic rings. The monoisotopic (exact) mass is 503 g/mol. The van der Waals surface area contributed by atoms with Gasteiger partial charge >= 0.3 is 0 Å². The fourth-order valence-electron chi connectivity index (χ4n) is 5.07. The van der Waals surface area contributed by atoms with Gasteiger partial charge in [-0.25, -0.2) is 4.68 Å². The van der Waals surface area contributed by atoms with Crippen LogP contribution in [0.3, 0.4) is 0 Å². The van der Waals surface area contributed by atoms with E-state index in [9.17, 15) is 4.79 Å². The highest BCUT2D eigenvalue weighted by Gasteiger charge is 2.33. The molecular weight excluding hydrogens is 470 g/mol. The minimum Gasteiger partial charge on any atom is -0.497 e. The summed E-state index contributed by atoms with van der Waals surface area (Å²) in [6.45, 7) is 8.46. The Morgan fingerprint density at radius 2 is 1.86 bits per heavy atom. The average molecular weight is 504 g/mol. The van der Waals surface area contributed by atoms with Gasteiger partial charge in [-0.2, -0.15) is 0 Å². The number of ether oxygens (including phenoxy) is 2. The Morgan fingerprint density at radius 3 is 2.62 bits per heavy atom. The van der Waals surface area contributed by atoms with Crippen molar-refractivity contribution < 1.29 is 9.47 Å². The second-order valence-electron chi connectivity index (χ2n) is 9.40. The van der Waals surface area contributed by atoms with Crippen LogP contribution in [0.5, 0.6) is 5.75 Å². The third-order valence-corrected chi connectivity index (χ3v) is 7.28. The lowest BCUT2D eigenvalue weighted by Crippen LogP contribution is -2.49. The van der Waals surface area contributed by atoms with Gasteiger partial charge in [0.15, 0.2) is 5.82 Å². The lowest BCUT2D eigenvalue weighted by atomic mass is 10.0. The minimum absolute atomic E-state index is 0.152. The number of tetrazole rings is 1. The molecule has 0 aliphatic carbocycles. The van der Waals surface area contributed by atoms with Crippen molar-refractivity contribution in [1.82, 2.24) is 30.1 Å². The first-order valence-corrected chi connectivity index (χ1v) is 12.5. The number of nitrogens with zero attached hydrogens (tertiary/aromatic N) is 6. The summed E-state index contributed by atoms with van der Waals surface area (Å²) in [5, 5.41) is 13.4. The number of piperazine rings is 1. The molecule has 37 heavy (non-hydrogen) atoms. The smallest absolute Gasteiger partial charge is 0.253 e. The van der Waals surface area contributed by atoms with E-state index in [1.54, 1.807) is 18.9 Å². The van der Waals surface area contributed by atoms with Crippen LogP contribution in [0, 0.1) is 13.8 Å². The SMILES string of the molecule is COCCn1nnnc1C(c1cc2cc(OC)ccc2[nH]c1=O)N1CCN(c2cccc(C)c2C)CC1. The maximum atomic E-state index is 13.4. The molecule has 1 fully saturated rings. The first-order chi connectivity index (χ1) is 18.0. The summed E-state index contributed by atoms with van der Waals surface area (Å²) in [5.41, 5.74) is 5.06. The largest absolute Gasteiger partial charge is 0.497 e. The lowest BCUT2D eigenvalue weighted by molar-refractivity contribution is 0.171. The molecule has 0 amide bonds. The summed E-state index contributed by atoms with van der Waals surface area (Å²) in [6.07, 6.45) is 0. The Morgan fingerprint density at radius 1 is 1.05 bits per heavy atom. The number of hydrogen-bond acceptors (Lipinski definition) is 8. The zero-order valence-corrected chi connectivity index (χ0v) is 21.8. The topological polar surface area (TPSA) is 101 Å². The van der Waals surface area contributed by atoms with E-state index < -0.39 is 6.04 Å². The maximum Gasteiger partial charge on any atom is 0.253 e. The summed E-state index contributed by atoms with van der Waals surface area (Å²) >= 11 is 0. The van der Waals surface area contributed by atoms with Crippen LogP contribution in [0.25, 0.3) is 10.9 Å². The predicted octanol–water partition coefficient (Wildman–Crippen LogP) is 2.70. The highest BCUT2D eigenvalue weighted by atomic mass is 16.5. The Bertz CT molecular complexity index is 1440. The van der Waals surface area contributed by atoms with Crippen molar-refractivity contribution in [3.63, 3.8) is 0 Å². The van der Waals surface area contributed by atoms with Crippen molar-refractivity contribution in [2.75, 3.05) is 51.9 Å². The predicted molar refractivity (Wildman–Crippen MR) is 142 cm³/mol. The van der Waals surface area contributed by atoms with E-state index in [0.717, 1.165) is 42.8 Å². The molecule has 0 saturated carbocycles. The molecule has 4 aromatic rings. The van der Waals surface area contributed by atoms with Crippen LogP contribution in [-0.2, 0) is 11.3 Å². The van der Waals surface area contributed by atoms with Crippen molar-refractivity contribution in [2.24, 2.45) is 0 Å². The molecule has 2 aromatic heterocycles. The number of fused-ring (bicyclic) bond motifs is 1. The van der Waals surface area contributed by atoms with Crippen molar-refractivity contribution >= 4 is 16.6 Å². The van der Waals surface area contributed by atoms with Crippen LogP contribution < -0.4 is 15.2 Å². The fourth-order valence-corrected chi connectivity index (χ4v) is 5.07. The number of anilines is 1. The summed E-state index contributed by atoms with van der Waals surface area (Å²) in [5.74, 6) is 1.36. The Hall–Kier alpha value is -3.76. The van der Waals surface area contributed by atoms with Crippen molar-refractivity contribution in [2.45, 2.75) is 26.4 Å². The van der Waals surface area contributed by atoms with E-state index >= 15 is 0 Å². The number of aromatic nitrogens is 5. The number of hydrogen-bond donors (Lipinski definition) is 1. The molecule has 0 spiro atoms. The van der Waals surface area contributed by atoms with Crippen LogP contribution in [0.2, 0.25) is 0 Å². The van der Waals surface area contributed by atoms with Crippen LogP contribution in [0.4, 0.5) is 5.69 Å². The molecule has 10 heteroatoms. The normalized spacial score (nSPS) is 15.3. The van der Waals surface area contributed by atoms with Gasteiger partial charge in [-0.3, -0.25) is 9.69 Å². The van der Waals surface area contributed by atoms with Gasteiger partial charge in [0.25, 0.3) is 5.56 Å². The van der Waals surface area contributed by atoms with Crippen molar-refractivity contribution in [3.05, 3.63) is 75.3 Å². The van der Waals surface area contributed by atoms with Crippen LogP contribution in [0.1, 0.15) is 28.6 Å². The molecule has 3 heterocycles. The van der Waals surface area contributed by atoms with E-state index in [-0.39, 0.29) is 5.56 Å². The fraction of sp³-hybridized carbons (Fsp3) is 0.407. The maximum absolute atomic E-state index is 13.4. The molecule has 5 rings (SSSR count). The molecule has 1 N–H and O–H groups in total. The molecule has 1 aliphatic heterocycles. The number of nitrogens with one attached hydrogen (secondary N) is 1. The summed E-state index contributed by atoms with van der Waals surface area (Å²) in [7, 11) is 3.28. The van der Waals surface area contributed by atoms with E-state index in [4.69, 9.17) is 9.47 Å². The number of pyridine rings is 1. The van der Waals surface area contributed by atoms with Crippen molar-refractivity contribution in [1.29, 1.82) is 0 Å². The average Bonchev–Trinajstić information content (AvgIpc) is 3.37. The third-order valence-electron chi connectivity index (χ3n) is 7.28. The number of aryl methyl sites for hydroxylation is 1. The molecule has 1 unspecified atom stereocenters. The molecule has 10 nitrogen and oxygen atoms in total. The molecule has 1 atom stereocenters. The van der Waals surface area contributed by atoms with E-state index in [1.165, 1.54) is 16.8 Å². The number of methoxy groups -OCH3 is 2. The van der Waals surface area contributed by atoms with Crippen molar-refractivity contribution in [3.8, 4) is 5.75 Å². The zero-order chi connectivity index (χ0) is 25.9. The van der Waals surface area contributed by atoms with E-state index in [0.29, 0.717) is 24.5 Å². The van der Waals surface area contributed by atoms with E-state index in [2.05, 4.69) is 62.4 Å². The van der Waals surface area contributed by atoms with Gasteiger partial charge in [-0.15, -0.1) is 5.10 Å². The molecular formula is C27H33N7O3. The van der Waals surface area contributed by atoms with Crippen LogP contribution in [0.15, 0.2) is 47.3 Å². The standard InChI is InChI=1S/C27H33N7O3/c1-18-6-5-7-24(19(18)2)32-10-12-33(13-11-32)25(26-29-30-31-34(26)14-15-36-3)22-17-20-16-21(37-4)8-9-23(20)28-27(22)35/h5-9,16-17,25H,10-15H2,1-4H3,(H,28,35). The molecule has 194 valence electrons. The van der Waals surface area contributed by atoms with Gasteiger partial charge in [-0.05, 0) is 65.7 Å². The second kappa shape index (κ2) is 10.7. The van der Waals surface area contributed by atoms with E-state index in [1.807, 2.05) is 24.3 Å². The Labute approximate surface area is 215 Å². The minimum atomic E-state index is -0.410. The van der Waals surface area contributed by atoms with Crippen LogP contribution >= 0.6 is 0 Å². The van der Waals surface area contributed by atoms with Gasteiger partial charge in [0.2, 0.25) is 0 Å². The first kappa shape index (κ1) is 24.9. The van der Waals surface area contributed by atoms with Gasteiger partial charge in [0.1, 0.15) is 11.8 Å². The molecule has 0 radical (unpaired) electrons. The van der Waals surface area contributed by atoms with Gasteiger partial charge < -0.3 is 19.4 Å². The number of rotatable bonds is 8. The molecule has 0 bridgehead atoms. The van der Waals surface area contributed by atoms with Crippen LogP contribution in [-0.4, -0.2) is 77.1 Å². The molecule has 2 aromatic carbocycles. The quantitative estimate of drug-likeness (QED) is 0.392.